The average Bonchev–Trinajstić information content (AvgIpc) is 2.97. The van der Waals surface area contributed by atoms with E-state index in [0.717, 1.165) is 12.1 Å². The number of hydrogen-bond acceptors (Lipinski definition) is 3. The predicted octanol–water partition coefficient (Wildman–Crippen LogP) is 2.65. The molecular formula is C20H22N2O3. The standard InChI is InChI=1S/C20H22N2O3/c1-14-12-15-6-3-4-9-18(15)22(14)20(24)17-8-5-7-16(13-17)19(23)21-10-11-25-2/h3-9,13-14H,10-12H2,1-2H3,(H,21,23). The zero-order valence-electron chi connectivity index (χ0n) is 14.5. The molecule has 1 heterocycles. The Morgan fingerprint density at radius 3 is 2.72 bits per heavy atom. The molecule has 0 aromatic heterocycles. The summed E-state index contributed by atoms with van der Waals surface area (Å²) in [5, 5.41) is 2.77. The molecule has 5 heteroatoms. The summed E-state index contributed by atoms with van der Waals surface area (Å²) in [4.78, 5) is 27.0. The van der Waals surface area contributed by atoms with Crippen molar-refractivity contribution in [3.8, 4) is 0 Å². The van der Waals surface area contributed by atoms with E-state index in [2.05, 4.69) is 11.4 Å². The van der Waals surface area contributed by atoms with Crippen molar-refractivity contribution >= 4 is 17.5 Å². The Hall–Kier alpha value is -2.66. The van der Waals surface area contributed by atoms with Crippen LogP contribution in [0.1, 0.15) is 33.2 Å². The lowest BCUT2D eigenvalue weighted by atomic mass is 10.1. The third-order valence-electron chi connectivity index (χ3n) is 4.39. The summed E-state index contributed by atoms with van der Waals surface area (Å²) < 4.78 is 4.93. The predicted molar refractivity (Wildman–Crippen MR) is 97.1 cm³/mol. The second-order valence-corrected chi connectivity index (χ2v) is 6.19. The minimum absolute atomic E-state index is 0.0796. The van der Waals surface area contributed by atoms with Crippen molar-refractivity contribution in [3.63, 3.8) is 0 Å². The Labute approximate surface area is 147 Å². The van der Waals surface area contributed by atoms with Crippen LogP contribution in [0.3, 0.4) is 0 Å². The molecule has 2 amide bonds. The topological polar surface area (TPSA) is 58.6 Å². The van der Waals surface area contributed by atoms with Gasteiger partial charge >= 0.3 is 0 Å². The zero-order valence-corrected chi connectivity index (χ0v) is 14.5. The Bertz CT molecular complexity index is 788. The van der Waals surface area contributed by atoms with Crippen molar-refractivity contribution < 1.29 is 14.3 Å². The lowest BCUT2D eigenvalue weighted by Crippen LogP contribution is -2.36. The molecule has 0 aliphatic carbocycles. The van der Waals surface area contributed by atoms with E-state index < -0.39 is 0 Å². The van der Waals surface area contributed by atoms with Crippen molar-refractivity contribution in [2.24, 2.45) is 0 Å². The maximum absolute atomic E-state index is 13.0. The van der Waals surface area contributed by atoms with Gasteiger partial charge in [-0.05, 0) is 43.2 Å². The molecule has 0 saturated heterocycles. The second kappa shape index (κ2) is 7.49. The number of anilines is 1. The fourth-order valence-electron chi connectivity index (χ4n) is 3.18. The summed E-state index contributed by atoms with van der Waals surface area (Å²) in [7, 11) is 1.58. The molecule has 1 aliphatic heterocycles. The van der Waals surface area contributed by atoms with E-state index in [9.17, 15) is 9.59 Å². The van der Waals surface area contributed by atoms with E-state index in [4.69, 9.17) is 4.74 Å². The molecule has 0 bridgehead atoms. The van der Waals surface area contributed by atoms with Gasteiger partial charge in [0.05, 0.1) is 6.61 Å². The highest BCUT2D eigenvalue weighted by Crippen LogP contribution is 2.33. The van der Waals surface area contributed by atoms with Crippen molar-refractivity contribution in [2.45, 2.75) is 19.4 Å². The molecule has 130 valence electrons. The lowest BCUT2D eigenvalue weighted by Gasteiger charge is -2.23. The maximum Gasteiger partial charge on any atom is 0.258 e. The van der Waals surface area contributed by atoms with Crippen LogP contribution >= 0.6 is 0 Å². The third kappa shape index (κ3) is 3.56. The van der Waals surface area contributed by atoms with Gasteiger partial charge < -0.3 is 15.0 Å². The van der Waals surface area contributed by atoms with Crippen LogP contribution in [0.5, 0.6) is 0 Å². The molecule has 2 aromatic carbocycles. The minimum atomic E-state index is -0.207. The van der Waals surface area contributed by atoms with Crippen LogP contribution in [0.2, 0.25) is 0 Å². The van der Waals surface area contributed by atoms with Crippen molar-refractivity contribution in [1.29, 1.82) is 0 Å². The Morgan fingerprint density at radius 2 is 1.92 bits per heavy atom. The highest BCUT2D eigenvalue weighted by molar-refractivity contribution is 6.09. The number of rotatable bonds is 5. The van der Waals surface area contributed by atoms with E-state index in [1.54, 1.807) is 31.4 Å². The lowest BCUT2D eigenvalue weighted by molar-refractivity contribution is 0.0937. The number of fused-ring (bicyclic) bond motifs is 1. The summed E-state index contributed by atoms with van der Waals surface area (Å²) >= 11 is 0. The number of nitrogens with one attached hydrogen (secondary N) is 1. The van der Waals surface area contributed by atoms with E-state index in [1.165, 1.54) is 5.56 Å². The second-order valence-electron chi connectivity index (χ2n) is 6.19. The van der Waals surface area contributed by atoms with Crippen LogP contribution in [0.4, 0.5) is 5.69 Å². The third-order valence-corrected chi connectivity index (χ3v) is 4.39. The smallest absolute Gasteiger partial charge is 0.258 e. The molecule has 1 N–H and O–H groups in total. The van der Waals surface area contributed by atoms with Gasteiger partial charge in [0.1, 0.15) is 0 Å². The van der Waals surface area contributed by atoms with E-state index in [0.29, 0.717) is 24.3 Å². The first-order valence-electron chi connectivity index (χ1n) is 8.40. The molecule has 1 atom stereocenters. The number of para-hydroxylation sites is 1. The van der Waals surface area contributed by atoms with Crippen molar-refractivity contribution in [1.82, 2.24) is 5.32 Å². The Morgan fingerprint density at radius 1 is 1.16 bits per heavy atom. The quantitative estimate of drug-likeness (QED) is 0.853. The van der Waals surface area contributed by atoms with Gasteiger partial charge in [-0.25, -0.2) is 0 Å². The summed E-state index contributed by atoms with van der Waals surface area (Å²) in [5.74, 6) is -0.287. The molecule has 0 spiro atoms. The fraction of sp³-hybridized carbons (Fsp3) is 0.300. The SMILES string of the molecule is COCCNC(=O)c1cccc(C(=O)N2c3ccccc3CC2C)c1. The van der Waals surface area contributed by atoms with E-state index in [1.807, 2.05) is 30.0 Å². The van der Waals surface area contributed by atoms with E-state index in [-0.39, 0.29) is 17.9 Å². The van der Waals surface area contributed by atoms with Crippen LogP contribution < -0.4 is 10.2 Å². The van der Waals surface area contributed by atoms with E-state index >= 15 is 0 Å². The summed E-state index contributed by atoms with van der Waals surface area (Å²) in [6.45, 7) is 2.93. The highest BCUT2D eigenvalue weighted by Gasteiger charge is 2.31. The first-order chi connectivity index (χ1) is 12.1. The average molecular weight is 338 g/mol. The van der Waals surface area contributed by atoms with Crippen LogP contribution in [-0.2, 0) is 11.2 Å². The number of hydrogen-bond donors (Lipinski definition) is 1. The molecule has 1 aliphatic rings. The maximum atomic E-state index is 13.0. The normalized spacial score (nSPS) is 15.8. The van der Waals surface area contributed by atoms with Gasteiger partial charge in [-0.1, -0.05) is 24.3 Å². The van der Waals surface area contributed by atoms with Gasteiger partial charge in [-0.15, -0.1) is 0 Å². The number of methoxy groups -OCH3 is 1. The zero-order chi connectivity index (χ0) is 17.8. The summed E-state index contributed by atoms with van der Waals surface area (Å²) in [5.41, 5.74) is 3.12. The Balaban J connectivity index is 1.81. The largest absolute Gasteiger partial charge is 0.383 e. The van der Waals surface area contributed by atoms with Gasteiger partial charge in [-0.3, -0.25) is 9.59 Å². The first-order valence-corrected chi connectivity index (χ1v) is 8.40. The fourth-order valence-corrected chi connectivity index (χ4v) is 3.18. The van der Waals surface area contributed by atoms with Crippen LogP contribution in [-0.4, -0.2) is 38.1 Å². The monoisotopic (exact) mass is 338 g/mol. The molecule has 1 unspecified atom stereocenters. The number of benzene rings is 2. The Kier molecular flexibility index (Phi) is 5.14. The van der Waals surface area contributed by atoms with Crippen LogP contribution in [0.25, 0.3) is 0 Å². The summed E-state index contributed by atoms with van der Waals surface area (Å²) in [6, 6.07) is 14.9. The number of carbonyl (C=O) groups is 2. The van der Waals surface area contributed by atoms with Crippen LogP contribution in [0, 0.1) is 0 Å². The summed E-state index contributed by atoms with van der Waals surface area (Å²) in [6.07, 6.45) is 0.846. The molecule has 25 heavy (non-hydrogen) atoms. The number of ether oxygens (including phenoxy) is 1. The molecule has 3 rings (SSSR count). The van der Waals surface area contributed by atoms with Gasteiger partial charge in [0.25, 0.3) is 11.8 Å². The highest BCUT2D eigenvalue weighted by atomic mass is 16.5. The molecule has 0 saturated carbocycles. The molecule has 0 radical (unpaired) electrons. The molecule has 0 fully saturated rings. The molecule has 2 aromatic rings. The van der Waals surface area contributed by atoms with Crippen molar-refractivity contribution in [3.05, 3.63) is 65.2 Å². The molecular weight excluding hydrogens is 316 g/mol. The van der Waals surface area contributed by atoms with Gasteiger partial charge in [0, 0.05) is 36.5 Å². The first kappa shape index (κ1) is 17.2. The number of amides is 2. The van der Waals surface area contributed by atoms with Crippen molar-refractivity contribution in [2.75, 3.05) is 25.2 Å². The molecule has 5 nitrogen and oxygen atoms in total. The van der Waals surface area contributed by atoms with Gasteiger partial charge in [-0.2, -0.15) is 0 Å². The number of nitrogens with zero attached hydrogens (tertiary/aromatic N) is 1. The van der Waals surface area contributed by atoms with Crippen LogP contribution in [0.15, 0.2) is 48.5 Å². The minimum Gasteiger partial charge on any atom is -0.383 e. The van der Waals surface area contributed by atoms with Gasteiger partial charge in [0.2, 0.25) is 0 Å². The number of carbonyl (C=O) groups excluding carboxylic acids is 2. The van der Waals surface area contributed by atoms with Gasteiger partial charge in [0.15, 0.2) is 0 Å².